The summed E-state index contributed by atoms with van der Waals surface area (Å²) in [5.41, 5.74) is 0. The van der Waals surface area contributed by atoms with Crippen molar-refractivity contribution in [3.63, 3.8) is 0 Å². The minimum absolute atomic E-state index is 0.0848. The fourth-order valence-electron chi connectivity index (χ4n) is 2.80. The topological polar surface area (TPSA) is 58.6 Å². The third-order valence-electron chi connectivity index (χ3n) is 4.32. The lowest BCUT2D eigenvalue weighted by molar-refractivity contribution is 0.0718. The van der Waals surface area contributed by atoms with Crippen LogP contribution in [0.15, 0.2) is 0 Å². The fourth-order valence-corrected chi connectivity index (χ4v) is 4.30. The molecule has 6 heteroatoms. The van der Waals surface area contributed by atoms with Gasteiger partial charge in [0.2, 0.25) is 0 Å². The molecule has 0 aromatic rings. The molecule has 1 N–H and O–H groups in total. The van der Waals surface area contributed by atoms with Crippen LogP contribution in [0.3, 0.4) is 0 Å². The second-order valence-corrected chi connectivity index (χ2v) is 7.21. The molecule has 0 aromatic carbocycles. The van der Waals surface area contributed by atoms with Crippen LogP contribution in [0.2, 0.25) is 0 Å². The zero-order valence-electron chi connectivity index (χ0n) is 11.3. The molecule has 3 atom stereocenters. The van der Waals surface area contributed by atoms with Crippen molar-refractivity contribution in [3.05, 3.63) is 0 Å². The quantitative estimate of drug-likeness (QED) is 0.836. The molecule has 1 saturated heterocycles. The Bertz CT molecular complexity index is 366. The first kappa shape index (κ1) is 14.2. The van der Waals surface area contributed by atoms with E-state index in [4.69, 9.17) is 4.74 Å². The van der Waals surface area contributed by atoms with Crippen LogP contribution in [0.25, 0.3) is 0 Å². The van der Waals surface area contributed by atoms with Crippen LogP contribution in [0.1, 0.15) is 33.1 Å². The lowest BCUT2D eigenvalue weighted by Crippen LogP contribution is -2.52. The Morgan fingerprint density at radius 3 is 2.50 bits per heavy atom. The van der Waals surface area contributed by atoms with Crippen LogP contribution in [-0.4, -0.2) is 45.1 Å². The van der Waals surface area contributed by atoms with Crippen LogP contribution in [0.5, 0.6) is 0 Å². The van der Waals surface area contributed by atoms with E-state index < -0.39 is 10.2 Å². The van der Waals surface area contributed by atoms with Gasteiger partial charge in [-0.2, -0.15) is 17.4 Å². The van der Waals surface area contributed by atoms with E-state index in [1.165, 1.54) is 10.7 Å². The van der Waals surface area contributed by atoms with Gasteiger partial charge in [0.25, 0.3) is 10.2 Å². The molecule has 3 unspecified atom stereocenters. The first-order valence-corrected chi connectivity index (χ1v) is 8.30. The highest BCUT2D eigenvalue weighted by Gasteiger charge is 2.33. The van der Waals surface area contributed by atoms with E-state index in [0.717, 1.165) is 12.8 Å². The minimum atomic E-state index is -3.34. The predicted octanol–water partition coefficient (Wildman–Crippen LogP) is 0.978. The highest BCUT2D eigenvalue weighted by atomic mass is 32.2. The standard InChI is InChI=1S/C12H24N2O3S/c1-10-4-3-5-12(11(10)2)13-18(15,16)14-6-8-17-9-7-14/h10-13H,3-9H2,1-2H3. The van der Waals surface area contributed by atoms with Gasteiger partial charge in [-0.05, 0) is 18.3 Å². The summed E-state index contributed by atoms with van der Waals surface area (Å²) in [6.45, 7) is 6.28. The Hall–Kier alpha value is -0.170. The van der Waals surface area contributed by atoms with Gasteiger partial charge in [-0.3, -0.25) is 0 Å². The Labute approximate surface area is 110 Å². The zero-order valence-corrected chi connectivity index (χ0v) is 12.1. The molecule has 18 heavy (non-hydrogen) atoms. The number of nitrogens with zero attached hydrogens (tertiary/aromatic N) is 1. The smallest absolute Gasteiger partial charge is 0.279 e. The Morgan fingerprint density at radius 2 is 1.83 bits per heavy atom. The summed E-state index contributed by atoms with van der Waals surface area (Å²) in [5, 5.41) is 0. The number of nitrogens with one attached hydrogen (secondary N) is 1. The molecule has 0 aromatic heterocycles. The summed E-state index contributed by atoms with van der Waals surface area (Å²) in [4.78, 5) is 0. The van der Waals surface area contributed by atoms with E-state index in [0.29, 0.717) is 38.1 Å². The van der Waals surface area contributed by atoms with Gasteiger partial charge in [0.05, 0.1) is 13.2 Å². The van der Waals surface area contributed by atoms with Gasteiger partial charge in [0.15, 0.2) is 0 Å². The van der Waals surface area contributed by atoms with Gasteiger partial charge in [-0.15, -0.1) is 0 Å². The molecule has 1 heterocycles. The average molecular weight is 276 g/mol. The van der Waals surface area contributed by atoms with Crippen molar-refractivity contribution in [2.24, 2.45) is 11.8 Å². The van der Waals surface area contributed by atoms with E-state index in [2.05, 4.69) is 18.6 Å². The van der Waals surface area contributed by atoms with Gasteiger partial charge in [-0.1, -0.05) is 26.7 Å². The number of ether oxygens (including phenoxy) is 1. The van der Waals surface area contributed by atoms with Crippen LogP contribution >= 0.6 is 0 Å². The van der Waals surface area contributed by atoms with Crippen LogP contribution < -0.4 is 4.72 Å². The normalized spacial score (nSPS) is 35.6. The summed E-state index contributed by atoms with van der Waals surface area (Å²) < 4.78 is 34.1. The number of rotatable bonds is 3. The molecule has 0 bridgehead atoms. The first-order chi connectivity index (χ1) is 8.50. The van der Waals surface area contributed by atoms with Crippen molar-refractivity contribution < 1.29 is 13.2 Å². The molecular formula is C12H24N2O3S. The molecule has 1 aliphatic carbocycles. The summed E-state index contributed by atoms with van der Waals surface area (Å²) in [7, 11) is -3.34. The van der Waals surface area contributed by atoms with Crippen molar-refractivity contribution in [1.29, 1.82) is 0 Å². The second-order valence-electron chi connectivity index (χ2n) is 5.51. The number of hydrogen-bond donors (Lipinski definition) is 1. The van der Waals surface area contributed by atoms with Crippen LogP contribution in [-0.2, 0) is 14.9 Å². The molecule has 1 aliphatic heterocycles. The van der Waals surface area contributed by atoms with E-state index in [1.807, 2.05) is 0 Å². The predicted molar refractivity (Wildman–Crippen MR) is 70.4 cm³/mol. The van der Waals surface area contributed by atoms with Gasteiger partial charge in [-0.25, -0.2) is 0 Å². The van der Waals surface area contributed by atoms with E-state index >= 15 is 0 Å². The Balaban J connectivity index is 1.98. The van der Waals surface area contributed by atoms with E-state index in [9.17, 15) is 8.42 Å². The van der Waals surface area contributed by atoms with Gasteiger partial charge in [0.1, 0.15) is 0 Å². The average Bonchev–Trinajstić information content (AvgIpc) is 2.36. The largest absolute Gasteiger partial charge is 0.379 e. The highest BCUT2D eigenvalue weighted by molar-refractivity contribution is 7.87. The van der Waals surface area contributed by atoms with Crippen molar-refractivity contribution in [2.75, 3.05) is 26.3 Å². The summed E-state index contributed by atoms with van der Waals surface area (Å²) in [5.74, 6) is 1.01. The SMILES string of the molecule is CC1CCCC(NS(=O)(=O)N2CCOCC2)C1C. The summed E-state index contributed by atoms with van der Waals surface area (Å²) in [6, 6.07) is 0.0848. The van der Waals surface area contributed by atoms with Crippen molar-refractivity contribution in [3.8, 4) is 0 Å². The third kappa shape index (κ3) is 3.23. The molecule has 0 spiro atoms. The number of hydrogen-bond acceptors (Lipinski definition) is 3. The molecule has 2 aliphatic rings. The fraction of sp³-hybridized carbons (Fsp3) is 1.00. The molecular weight excluding hydrogens is 252 g/mol. The summed E-state index contributed by atoms with van der Waals surface area (Å²) in [6.07, 6.45) is 3.27. The molecule has 0 amide bonds. The first-order valence-electron chi connectivity index (χ1n) is 6.86. The zero-order chi connectivity index (χ0) is 13.2. The maximum atomic E-state index is 12.3. The van der Waals surface area contributed by atoms with E-state index in [1.54, 1.807) is 0 Å². The molecule has 106 valence electrons. The van der Waals surface area contributed by atoms with Crippen LogP contribution in [0, 0.1) is 11.8 Å². The maximum Gasteiger partial charge on any atom is 0.279 e. The van der Waals surface area contributed by atoms with Crippen LogP contribution in [0.4, 0.5) is 0 Å². The molecule has 5 nitrogen and oxygen atoms in total. The molecule has 2 rings (SSSR count). The lowest BCUT2D eigenvalue weighted by atomic mass is 9.78. The lowest BCUT2D eigenvalue weighted by Gasteiger charge is -2.36. The molecule has 0 radical (unpaired) electrons. The van der Waals surface area contributed by atoms with Gasteiger partial charge < -0.3 is 4.74 Å². The third-order valence-corrected chi connectivity index (χ3v) is 5.96. The Morgan fingerprint density at radius 1 is 1.17 bits per heavy atom. The molecule has 2 fully saturated rings. The minimum Gasteiger partial charge on any atom is -0.379 e. The van der Waals surface area contributed by atoms with Gasteiger partial charge in [0, 0.05) is 19.1 Å². The van der Waals surface area contributed by atoms with E-state index in [-0.39, 0.29) is 6.04 Å². The molecule has 1 saturated carbocycles. The highest BCUT2D eigenvalue weighted by Crippen LogP contribution is 2.30. The second kappa shape index (κ2) is 5.86. The monoisotopic (exact) mass is 276 g/mol. The maximum absolute atomic E-state index is 12.3. The van der Waals surface area contributed by atoms with Crippen molar-refractivity contribution in [2.45, 2.75) is 39.2 Å². The summed E-state index contributed by atoms with van der Waals surface area (Å²) >= 11 is 0. The van der Waals surface area contributed by atoms with Crippen molar-refractivity contribution >= 4 is 10.2 Å². The Kier molecular flexibility index (Phi) is 4.64. The van der Waals surface area contributed by atoms with Crippen molar-refractivity contribution in [1.82, 2.24) is 9.03 Å². The number of morpholine rings is 1. The van der Waals surface area contributed by atoms with Gasteiger partial charge >= 0.3 is 0 Å².